The Hall–Kier alpha value is -4.61. The Morgan fingerprint density at radius 1 is 0.868 bits per heavy atom. The smallest absolute Gasteiger partial charge is 0.120 e. The summed E-state index contributed by atoms with van der Waals surface area (Å²) in [6.07, 6.45) is 0.328. The summed E-state index contributed by atoms with van der Waals surface area (Å²) in [5.74, 6) is 0.677. The van der Waals surface area contributed by atoms with E-state index in [4.69, 9.17) is 16.3 Å². The fourth-order valence-corrected chi connectivity index (χ4v) is 8.42. The number of imidazole rings is 1. The van der Waals surface area contributed by atoms with Crippen LogP contribution >= 0.6 is 0 Å². The second-order valence-electron chi connectivity index (χ2n) is 14.9. The molecule has 0 saturated carbocycles. The Bertz CT molecular complexity index is 2740. The van der Waals surface area contributed by atoms with Crippen molar-refractivity contribution in [3.05, 3.63) is 143 Å². The predicted molar refractivity (Wildman–Crippen MR) is 222 cm³/mol. The maximum atomic E-state index is 8.59. The normalized spacial score (nSPS) is 13.5. The zero-order valence-corrected chi connectivity index (χ0v) is 34.9. The number of aryl methyl sites for hydroxylation is 4. The third-order valence-electron chi connectivity index (χ3n) is 9.23. The van der Waals surface area contributed by atoms with Gasteiger partial charge in [-0.1, -0.05) is 111 Å². The van der Waals surface area contributed by atoms with Crippen LogP contribution in [0.1, 0.15) is 48.5 Å². The SMILES string of the molecule is Cc1cc(C)c(-n2c(-c3[c-]ccc4c3oc3ccccc34)nc3ccccc32)c(C)c1.[2H]C([2H])([2H])c1c[c-]c(-c2cc(C([2H])([2H])C(C)C)c([Si](C)(C)C)cn2)cc1.[Ir]. The second-order valence-corrected chi connectivity index (χ2v) is 19.9. The molecule has 0 N–H and O–H groups in total. The van der Waals surface area contributed by atoms with Crippen molar-refractivity contribution in [1.29, 1.82) is 0 Å². The van der Waals surface area contributed by atoms with Gasteiger partial charge in [-0.2, -0.15) is 0 Å². The largest absolute Gasteiger partial charge is 0.501 e. The molecule has 53 heavy (non-hydrogen) atoms. The summed E-state index contributed by atoms with van der Waals surface area (Å²) in [6.45, 7) is 14.6. The van der Waals surface area contributed by atoms with Crippen LogP contribution in [0.3, 0.4) is 0 Å². The molecule has 0 atom stereocenters. The molecule has 271 valence electrons. The first-order valence-electron chi connectivity index (χ1n) is 20.3. The number of hydrogen-bond donors (Lipinski definition) is 0. The van der Waals surface area contributed by atoms with E-state index in [0.29, 0.717) is 16.8 Å². The average Bonchev–Trinajstić information content (AvgIpc) is 3.73. The molecule has 3 heterocycles. The molecule has 0 fully saturated rings. The Labute approximate surface area is 335 Å². The van der Waals surface area contributed by atoms with Crippen LogP contribution in [0, 0.1) is 45.7 Å². The molecule has 0 spiro atoms. The zero-order chi connectivity index (χ0) is 41.0. The first-order chi connectivity index (χ1) is 26.9. The first-order valence-corrected chi connectivity index (χ1v) is 21.3. The van der Waals surface area contributed by atoms with E-state index >= 15 is 0 Å². The minimum absolute atomic E-state index is 0. The van der Waals surface area contributed by atoms with Gasteiger partial charge in [0.2, 0.25) is 0 Å². The van der Waals surface area contributed by atoms with Gasteiger partial charge in [0.1, 0.15) is 5.58 Å². The van der Waals surface area contributed by atoms with Crippen LogP contribution in [0.4, 0.5) is 0 Å². The molecule has 1 radical (unpaired) electrons. The standard InChI is InChI=1S/C28H21N2O.C19H26NSi.Ir/c1-17-15-18(2)26(19(3)16-17)30-24-13-6-5-12-23(24)29-28(30)22-11-8-10-21-20-9-4-7-14-25(20)31-27(21)22;1-14(2)11-17-12-18(16-9-7-15(3)8-10-16)20-13-19(17)21(4,5)6;/h4-10,12-16H,1-3H3;7-9,12-14H,11H2,1-6H3;/q2*-1;/i;3D3,11D2;. The van der Waals surface area contributed by atoms with Gasteiger partial charge in [-0.25, -0.2) is 0 Å². The maximum Gasteiger partial charge on any atom is 0.120 e. The van der Waals surface area contributed by atoms with Gasteiger partial charge < -0.3 is 14.0 Å². The number of rotatable bonds is 6. The summed E-state index contributed by atoms with van der Waals surface area (Å²) >= 11 is 0. The Morgan fingerprint density at radius 3 is 2.30 bits per heavy atom. The molecule has 6 heteroatoms. The summed E-state index contributed by atoms with van der Waals surface area (Å²) < 4.78 is 48.2. The molecule has 0 bridgehead atoms. The van der Waals surface area contributed by atoms with Crippen molar-refractivity contribution in [2.24, 2.45) is 5.92 Å². The molecule has 4 nitrogen and oxygen atoms in total. The topological polar surface area (TPSA) is 43.9 Å². The van der Waals surface area contributed by atoms with E-state index in [-0.39, 0.29) is 31.6 Å². The summed E-state index contributed by atoms with van der Waals surface area (Å²) in [5, 5.41) is 3.21. The average molecular weight is 895 g/mol. The number of hydrogen-bond acceptors (Lipinski definition) is 3. The van der Waals surface area contributed by atoms with Gasteiger partial charge in [0.05, 0.1) is 30.5 Å². The molecule has 0 amide bonds. The number of nitrogens with zero attached hydrogens (tertiary/aromatic N) is 3. The summed E-state index contributed by atoms with van der Waals surface area (Å²) in [4.78, 5) is 9.59. The molecular weight excluding hydrogens is 843 g/mol. The number of furan rings is 1. The van der Waals surface area contributed by atoms with E-state index in [1.807, 2.05) is 50.2 Å². The number of fused-ring (bicyclic) bond motifs is 4. The Morgan fingerprint density at radius 2 is 1.60 bits per heavy atom. The van der Waals surface area contributed by atoms with E-state index < -0.39 is 21.3 Å². The van der Waals surface area contributed by atoms with Crippen molar-refractivity contribution in [2.75, 3.05) is 0 Å². The minimum Gasteiger partial charge on any atom is -0.501 e. The van der Waals surface area contributed by atoms with E-state index in [2.05, 4.69) is 105 Å². The fourth-order valence-electron chi connectivity index (χ4n) is 7.02. The molecule has 0 aliphatic rings. The third-order valence-corrected chi connectivity index (χ3v) is 11.2. The quantitative estimate of drug-likeness (QED) is 0.123. The molecule has 0 aliphatic carbocycles. The van der Waals surface area contributed by atoms with Crippen LogP contribution in [0.2, 0.25) is 19.6 Å². The number of benzene rings is 5. The van der Waals surface area contributed by atoms with Crippen LogP contribution in [-0.4, -0.2) is 22.6 Å². The van der Waals surface area contributed by atoms with Crippen LogP contribution in [0.15, 0.2) is 108 Å². The third kappa shape index (κ3) is 7.73. The van der Waals surface area contributed by atoms with Crippen LogP contribution in [0.25, 0.3) is 61.3 Å². The molecule has 8 aromatic rings. The maximum absolute atomic E-state index is 8.59. The first kappa shape index (κ1) is 31.9. The van der Waals surface area contributed by atoms with Gasteiger partial charge in [-0.05, 0) is 73.3 Å². The van der Waals surface area contributed by atoms with Gasteiger partial charge in [-0.15, -0.1) is 53.6 Å². The van der Waals surface area contributed by atoms with Crippen molar-refractivity contribution >= 4 is 46.2 Å². The molecule has 8 rings (SSSR count). The van der Waals surface area contributed by atoms with Crippen LogP contribution in [-0.2, 0) is 26.5 Å². The molecular formula is C47H47IrN3OSi-2. The van der Waals surface area contributed by atoms with Gasteiger partial charge >= 0.3 is 0 Å². The van der Waals surface area contributed by atoms with E-state index in [1.54, 1.807) is 18.3 Å². The molecule has 0 saturated heterocycles. The molecule has 3 aromatic heterocycles. The second kappa shape index (κ2) is 15.4. The zero-order valence-electron chi connectivity index (χ0n) is 36.5. The summed E-state index contributed by atoms with van der Waals surface area (Å²) in [5.41, 5.74) is 11.7. The van der Waals surface area contributed by atoms with Crippen molar-refractivity contribution in [1.82, 2.24) is 14.5 Å². The van der Waals surface area contributed by atoms with Crippen LogP contribution in [0.5, 0.6) is 0 Å². The molecule has 0 aliphatic heterocycles. The van der Waals surface area contributed by atoms with E-state index in [1.165, 1.54) is 22.8 Å². The molecule has 5 aromatic carbocycles. The van der Waals surface area contributed by atoms with Crippen molar-refractivity contribution in [2.45, 2.75) is 67.5 Å². The predicted octanol–water partition coefficient (Wildman–Crippen LogP) is 11.9. The van der Waals surface area contributed by atoms with Gasteiger partial charge in [-0.3, -0.25) is 4.98 Å². The van der Waals surface area contributed by atoms with Gasteiger partial charge in [0, 0.05) is 44.2 Å². The molecule has 0 unspecified atom stereocenters. The van der Waals surface area contributed by atoms with Crippen LogP contribution < -0.4 is 5.19 Å². The summed E-state index contributed by atoms with van der Waals surface area (Å²) in [6, 6.07) is 37.9. The van der Waals surface area contributed by atoms with Crippen molar-refractivity contribution < 1.29 is 31.4 Å². The van der Waals surface area contributed by atoms with Gasteiger partial charge in [0.25, 0.3) is 0 Å². The van der Waals surface area contributed by atoms with Gasteiger partial charge in [0.15, 0.2) is 0 Å². The Balaban J connectivity index is 0.000000196. The Kier molecular flexibility index (Phi) is 9.26. The number of pyridine rings is 1. The monoisotopic (exact) mass is 895 g/mol. The minimum atomic E-state index is -2.16. The van der Waals surface area contributed by atoms with E-state index in [0.717, 1.165) is 55.2 Å². The van der Waals surface area contributed by atoms with Crippen molar-refractivity contribution in [3.63, 3.8) is 0 Å². The van der Waals surface area contributed by atoms with Crippen molar-refractivity contribution in [3.8, 4) is 28.3 Å². The summed E-state index contributed by atoms with van der Waals surface area (Å²) in [7, 11) is -1.78. The number of aromatic nitrogens is 3. The number of para-hydroxylation sites is 3. The fraction of sp³-hybridized carbons (Fsp3) is 0.234. The van der Waals surface area contributed by atoms with E-state index in [9.17, 15) is 0 Å².